The van der Waals surface area contributed by atoms with E-state index in [0.29, 0.717) is 11.5 Å². The van der Waals surface area contributed by atoms with Crippen molar-refractivity contribution in [2.24, 2.45) is 5.92 Å². The second-order valence-electron chi connectivity index (χ2n) is 4.81. The number of aliphatic carboxylic acids is 1. The second-order valence-corrected chi connectivity index (χ2v) is 4.81. The van der Waals surface area contributed by atoms with Gasteiger partial charge in [0, 0.05) is 22.7 Å². The molecule has 0 spiro atoms. The molecule has 1 unspecified atom stereocenters. The summed E-state index contributed by atoms with van der Waals surface area (Å²) >= 11 is 0. The first-order valence-corrected chi connectivity index (χ1v) is 6.13. The van der Waals surface area contributed by atoms with E-state index in [1.807, 2.05) is 38.1 Å². The molecule has 100 valence electrons. The first kappa shape index (κ1) is 13.1. The fourth-order valence-corrected chi connectivity index (χ4v) is 2.01. The summed E-state index contributed by atoms with van der Waals surface area (Å²) in [5.41, 5.74) is 6.56. The molecule has 1 aromatic heterocycles. The largest absolute Gasteiger partial charge is 0.480 e. The highest BCUT2D eigenvalue weighted by Crippen LogP contribution is 2.26. The Bertz CT molecular complexity index is 611. The maximum absolute atomic E-state index is 11.2. The number of nitrogens with two attached hydrogens (primary N) is 1. The number of carbonyl (C=O) groups is 1. The molecular weight excluding hydrogens is 242 g/mol. The monoisotopic (exact) mass is 259 g/mol. The van der Waals surface area contributed by atoms with Crippen LogP contribution in [-0.4, -0.2) is 22.1 Å². The summed E-state index contributed by atoms with van der Waals surface area (Å²) in [7, 11) is 0. The van der Waals surface area contributed by atoms with E-state index in [-0.39, 0.29) is 5.92 Å². The Labute approximate surface area is 111 Å². The van der Waals surface area contributed by atoms with E-state index in [0.717, 1.165) is 10.8 Å². The van der Waals surface area contributed by atoms with Gasteiger partial charge in [0.15, 0.2) is 0 Å². The zero-order valence-corrected chi connectivity index (χ0v) is 10.9. The van der Waals surface area contributed by atoms with Crippen molar-refractivity contribution in [1.82, 2.24) is 4.98 Å². The van der Waals surface area contributed by atoms with Crippen molar-refractivity contribution in [3.05, 3.63) is 30.5 Å². The number of rotatable bonds is 4. The summed E-state index contributed by atoms with van der Waals surface area (Å²) in [5, 5.41) is 13.9. The van der Waals surface area contributed by atoms with Crippen LogP contribution in [0.15, 0.2) is 30.5 Å². The molecule has 4 N–H and O–H groups in total. The van der Waals surface area contributed by atoms with Crippen LogP contribution < -0.4 is 11.1 Å². The van der Waals surface area contributed by atoms with Crippen LogP contribution >= 0.6 is 0 Å². The van der Waals surface area contributed by atoms with Gasteiger partial charge in [-0.25, -0.2) is 9.78 Å². The van der Waals surface area contributed by atoms with E-state index in [1.165, 1.54) is 0 Å². The smallest absolute Gasteiger partial charge is 0.326 e. The molecule has 0 bridgehead atoms. The van der Waals surface area contributed by atoms with Gasteiger partial charge >= 0.3 is 5.97 Å². The molecule has 0 aliphatic carbocycles. The highest BCUT2D eigenvalue weighted by molar-refractivity contribution is 5.99. The Hall–Kier alpha value is -2.30. The predicted molar refractivity (Wildman–Crippen MR) is 76.0 cm³/mol. The number of fused-ring (bicyclic) bond motifs is 1. The Morgan fingerprint density at radius 3 is 2.68 bits per heavy atom. The van der Waals surface area contributed by atoms with Gasteiger partial charge in [-0.2, -0.15) is 0 Å². The normalized spacial score (nSPS) is 12.6. The van der Waals surface area contributed by atoms with Gasteiger partial charge in [0.05, 0.1) is 0 Å². The minimum Gasteiger partial charge on any atom is -0.480 e. The number of aromatic nitrogens is 1. The average Bonchev–Trinajstić information content (AvgIpc) is 2.36. The summed E-state index contributed by atoms with van der Waals surface area (Å²) in [6.45, 7) is 3.70. The van der Waals surface area contributed by atoms with E-state index in [4.69, 9.17) is 5.73 Å². The Kier molecular flexibility index (Phi) is 3.55. The van der Waals surface area contributed by atoms with Crippen molar-refractivity contribution in [2.45, 2.75) is 19.9 Å². The molecule has 0 saturated carbocycles. The van der Waals surface area contributed by atoms with E-state index in [9.17, 15) is 9.90 Å². The van der Waals surface area contributed by atoms with Gasteiger partial charge in [-0.15, -0.1) is 0 Å². The van der Waals surface area contributed by atoms with Crippen molar-refractivity contribution in [2.75, 3.05) is 11.1 Å². The van der Waals surface area contributed by atoms with E-state index >= 15 is 0 Å². The first-order valence-electron chi connectivity index (χ1n) is 6.13. The van der Waals surface area contributed by atoms with Gasteiger partial charge in [-0.3, -0.25) is 0 Å². The van der Waals surface area contributed by atoms with Gasteiger partial charge in [0.25, 0.3) is 0 Å². The van der Waals surface area contributed by atoms with Crippen LogP contribution in [0.25, 0.3) is 10.8 Å². The number of anilines is 2. The Morgan fingerprint density at radius 1 is 1.32 bits per heavy atom. The van der Waals surface area contributed by atoms with E-state index < -0.39 is 12.0 Å². The third kappa shape index (κ3) is 2.59. The number of carboxylic acid groups (broad SMARTS) is 1. The second kappa shape index (κ2) is 5.14. The molecule has 19 heavy (non-hydrogen) atoms. The first-order chi connectivity index (χ1) is 9.00. The summed E-state index contributed by atoms with van der Waals surface area (Å²) < 4.78 is 0. The minimum absolute atomic E-state index is 0.0457. The van der Waals surface area contributed by atoms with Crippen LogP contribution in [0, 0.1) is 5.92 Å². The van der Waals surface area contributed by atoms with E-state index in [2.05, 4.69) is 10.3 Å². The molecule has 5 nitrogen and oxygen atoms in total. The number of benzene rings is 1. The molecule has 0 aliphatic rings. The standard InChI is InChI=1S/C14H17N3O2/c1-8(2)12(14(18)19)17-13-10-4-3-5-11(15)9(10)6-7-16-13/h3-8,12H,15H2,1-2H3,(H,16,17)(H,18,19). The zero-order chi connectivity index (χ0) is 14.0. The third-order valence-electron chi connectivity index (χ3n) is 3.06. The topological polar surface area (TPSA) is 88.2 Å². The summed E-state index contributed by atoms with van der Waals surface area (Å²) in [6.07, 6.45) is 1.63. The van der Waals surface area contributed by atoms with Crippen LogP contribution in [0.4, 0.5) is 11.5 Å². The van der Waals surface area contributed by atoms with Crippen LogP contribution in [-0.2, 0) is 4.79 Å². The number of carboxylic acids is 1. The van der Waals surface area contributed by atoms with Crippen LogP contribution in [0.5, 0.6) is 0 Å². The number of nitrogens with one attached hydrogen (secondary N) is 1. The molecule has 2 aromatic rings. The number of hydrogen-bond donors (Lipinski definition) is 3. The third-order valence-corrected chi connectivity index (χ3v) is 3.06. The molecule has 0 aliphatic heterocycles. The number of nitrogen functional groups attached to an aromatic ring is 1. The zero-order valence-electron chi connectivity index (χ0n) is 10.9. The molecule has 1 atom stereocenters. The molecule has 0 radical (unpaired) electrons. The number of pyridine rings is 1. The number of hydrogen-bond acceptors (Lipinski definition) is 4. The van der Waals surface area contributed by atoms with Gasteiger partial charge in [-0.1, -0.05) is 26.0 Å². The van der Waals surface area contributed by atoms with Gasteiger partial charge in [0.2, 0.25) is 0 Å². The molecule has 0 fully saturated rings. The summed E-state index contributed by atoms with van der Waals surface area (Å²) in [4.78, 5) is 15.5. The lowest BCUT2D eigenvalue weighted by molar-refractivity contribution is -0.138. The minimum atomic E-state index is -0.891. The summed E-state index contributed by atoms with van der Waals surface area (Å²) in [5.74, 6) is -0.390. The Morgan fingerprint density at radius 2 is 2.05 bits per heavy atom. The molecule has 2 rings (SSSR count). The molecule has 1 aromatic carbocycles. The van der Waals surface area contributed by atoms with Crippen molar-refractivity contribution < 1.29 is 9.90 Å². The van der Waals surface area contributed by atoms with Crippen LogP contribution in [0.2, 0.25) is 0 Å². The van der Waals surface area contributed by atoms with Crippen molar-refractivity contribution in [3.63, 3.8) is 0 Å². The summed E-state index contributed by atoms with van der Waals surface area (Å²) in [6, 6.07) is 6.65. The van der Waals surface area contributed by atoms with Gasteiger partial charge < -0.3 is 16.2 Å². The quantitative estimate of drug-likeness (QED) is 0.733. The maximum Gasteiger partial charge on any atom is 0.326 e. The highest BCUT2D eigenvalue weighted by Gasteiger charge is 2.22. The lowest BCUT2D eigenvalue weighted by Gasteiger charge is -2.19. The fraction of sp³-hybridized carbons (Fsp3) is 0.286. The fourth-order valence-electron chi connectivity index (χ4n) is 2.01. The average molecular weight is 259 g/mol. The maximum atomic E-state index is 11.2. The lowest BCUT2D eigenvalue weighted by Crippen LogP contribution is -2.34. The van der Waals surface area contributed by atoms with Crippen molar-refractivity contribution in [1.29, 1.82) is 0 Å². The van der Waals surface area contributed by atoms with Crippen LogP contribution in [0.3, 0.4) is 0 Å². The van der Waals surface area contributed by atoms with Crippen molar-refractivity contribution >= 4 is 28.2 Å². The number of nitrogens with zero attached hydrogens (tertiary/aromatic N) is 1. The van der Waals surface area contributed by atoms with E-state index in [1.54, 1.807) is 6.20 Å². The molecule has 1 heterocycles. The van der Waals surface area contributed by atoms with Gasteiger partial charge in [-0.05, 0) is 18.1 Å². The predicted octanol–water partition coefficient (Wildman–Crippen LogP) is 2.34. The Balaban J connectivity index is 2.46. The molecule has 0 amide bonds. The highest BCUT2D eigenvalue weighted by atomic mass is 16.4. The molecule has 0 saturated heterocycles. The van der Waals surface area contributed by atoms with Gasteiger partial charge in [0.1, 0.15) is 11.9 Å². The SMILES string of the molecule is CC(C)C(Nc1nccc2c(N)cccc12)C(=O)O. The lowest BCUT2D eigenvalue weighted by atomic mass is 10.0. The molecular formula is C14H17N3O2. The van der Waals surface area contributed by atoms with Crippen LogP contribution in [0.1, 0.15) is 13.8 Å². The van der Waals surface area contributed by atoms with Crippen molar-refractivity contribution in [3.8, 4) is 0 Å². The molecule has 5 heteroatoms.